The maximum Gasteiger partial charge on any atom is 0.315 e. The minimum atomic E-state index is -0.572. The average molecular weight is 168 g/mol. The zero-order valence-electron chi connectivity index (χ0n) is 7.90. The molecule has 68 valence electrons. The van der Waals surface area contributed by atoms with Crippen LogP contribution in [0.5, 0.6) is 0 Å². The molecule has 0 unspecified atom stereocenters. The van der Waals surface area contributed by atoms with Crippen molar-refractivity contribution in [2.75, 3.05) is 6.54 Å². The lowest BCUT2D eigenvalue weighted by Gasteiger charge is -2.19. The lowest BCUT2D eigenvalue weighted by atomic mass is 10.1. The van der Waals surface area contributed by atoms with Crippen LogP contribution in [0.25, 0.3) is 0 Å². The van der Waals surface area contributed by atoms with Crippen LogP contribution in [0.3, 0.4) is 0 Å². The van der Waals surface area contributed by atoms with E-state index in [1.165, 1.54) is 0 Å². The molecule has 0 aliphatic heterocycles. The lowest BCUT2D eigenvalue weighted by molar-refractivity contribution is 0.235. The molecular weight excluding hydrogens is 152 g/mol. The Morgan fingerprint density at radius 3 is 2.58 bits per heavy atom. The molecule has 0 bridgehead atoms. The Hall–Kier alpha value is -1.17. The number of amides is 2. The van der Waals surface area contributed by atoms with Gasteiger partial charge in [-0.05, 0) is 20.3 Å². The minimum Gasteiger partial charge on any atom is -0.338 e. The summed E-state index contributed by atoms with van der Waals surface area (Å²) in [5.74, 6) is 2.48. The number of urea groups is 1. The molecule has 0 saturated carbocycles. The van der Waals surface area contributed by atoms with Crippen LogP contribution in [-0.4, -0.2) is 18.1 Å². The average Bonchev–Trinajstić information content (AvgIpc) is 2.00. The van der Waals surface area contributed by atoms with Gasteiger partial charge in [0.2, 0.25) is 0 Å². The lowest BCUT2D eigenvalue weighted by Crippen LogP contribution is -2.47. The molecule has 0 radical (unpaired) electrons. The van der Waals surface area contributed by atoms with Gasteiger partial charge in [0, 0.05) is 6.54 Å². The number of hydrogen-bond donors (Lipinski definition) is 2. The van der Waals surface area contributed by atoms with Crippen LogP contribution in [0.15, 0.2) is 0 Å². The summed E-state index contributed by atoms with van der Waals surface area (Å²) in [6.07, 6.45) is 6.11. The summed E-state index contributed by atoms with van der Waals surface area (Å²) in [4.78, 5) is 11.1. The highest BCUT2D eigenvalue weighted by Crippen LogP contribution is 1.97. The number of carbonyl (C=O) groups excluding carboxylic acids is 1. The predicted octanol–water partition coefficient (Wildman–Crippen LogP) is 1.11. The van der Waals surface area contributed by atoms with Crippen LogP contribution in [0.2, 0.25) is 0 Å². The van der Waals surface area contributed by atoms with Crippen LogP contribution < -0.4 is 10.6 Å². The van der Waals surface area contributed by atoms with E-state index in [4.69, 9.17) is 6.42 Å². The maximum absolute atomic E-state index is 11.1. The van der Waals surface area contributed by atoms with Crippen molar-refractivity contribution in [3.63, 3.8) is 0 Å². The second kappa shape index (κ2) is 4.66. The van der Waals surface area contributed by atoms with Crippen molar-refractivity contribution < 1.29 is 4.79 Å². The first-order valence-electron chi connectivity index (χ1n) is 4.05. The van der Waals surface area contributed by atoms with Gasteiger partial charge in [-0.15, -0.1) is 6.42 Å². The van der Waals surface area contributed by atoms with Gasteiger partial charge in [0.05, 0.1) is 5.54 Å². The van der Waals surface area contributed by atoms with Crippen molar-refractivity contribution in [3.05, 3.63) is 0 Å². The van der Waals surface area contributed by atoms with E-state index in [2.05, 4.69) is 16.6 Å². The molecule has 0 heterocycles. The molecule has 0 aliphatic carbocycles. The van der Waals surface area contributed by atoms with Gasteiger partial charge >= 0.3 is 6.03 Å². The SMILES string of the molecule is C#CC(C)(C)NC(=O)NCCC. The van der Waals surface area contributed by atoms with Crippen molar-refractivity contribution in [1.29, 1.82) is 0 Å². The predicted molar refractivity (Wildman–Crippen MR) is 49.7 cm³/mol. The van der Waals surface area contributed by atoms with Gasteiger partial charge in [0.25, 0.3) is 0 Å². The van der Waals surface area contributed by atoms with Gasteiger partial charge in [0.1, 0.15) is 0 Å². The summed E-state index contributed by atoms with van der Waals surface area (Å²) in [5, 5.41) is 5.33. The molecule has 12 heavy (non-hydrogen) atoms. The number of terminal acetylenes is 1. The normalized spacial score (nSPS) is 10.2. The van der Waals surface area contributed by atoms with Gasteiger partial charge in [-0.2, -0.15) is 0 Å². The first-order chi connectivity index (χ1) is 5.52. The topological polar surface area (TPSA) is 41.1 Å². The van der Waals surface area contributed by atoms with Gasteiger partial charge in [-0.25, -0.2) is 4.79 Å². The largest absolute Gasteiger partial charge is 0.338 e. The third-order valence-electron chi connectivity index (χ3n) is 1.32. The Balaban J connectivity index is 3.78. The minimum absolute atomic E-state index is 0.209. The van der Waals surface area contributed by atoms with Crippen LogP contribution in [-0.2, 0) is 0 Å². The molecular formula is C9H16N2O. The van der Waals surface area contributed by atoms with E-state index in [0.29, 0.717) is 6.54 Å². The molecule has 2 amide bonds. The molecule has 2 N–H and O–H groups in total. The van der Waals surface area contributed by atoms with Crippen LogP contribution in [0, 0.1) is 12.3 Å². The van der Waals surface area contributed by atoms with E-state index in [9.17, 15) is 4.79 Å². The van der Waals surface area contributed by atoms with Crippen molar-refractivity contribution in [2.45, 2.75) is 32.7 Å². The summed E-state index contributed by atoms with van der Waals surface area (Å²) < 4.78 is 0. The van der Waals surface area contributed by atoms with E-state index in [0.717, 1.165) is 6.42 Å². The van der Waals surface area contributed by atoms with E-state index < -0.39 is 5.54 Å². The van der Waals surface area contributed by atoms with Gasteiger partial charge < -0.3 is 10.6 Å². The summed E-state index contributed by atoms with van der Waals surface area (Å²) in [5.41, 5.74) is -0.572. The fourth-order valence-corrected chi connectivity index (χ4v) is 0.603. The summed E-state index contributed by atoms with van der Waals surface area (Å²) in [6.45, 7) is 6.22. The monoisotopic (exact) mass is 168 g/mol. The van der Waals surface area contributed by atoms with Crippen molar-refractivity contribution >= 4 is 6.03 Å². The Morgan fingerprint density at radius 2 is 2.17 bits per heavy atom. The zero-order valence-corrected chi connectivity index (χ0v) is 7.90. The summed E-state index contributed by atoms with van der Waals surface area (Å²) in [6, 6.07) is -0.209. The molecule has 3 nitrogen and oxygen atoms in total. The summed E-state index contributed by atoms with van der Waals surface area (Å²) in [7, 11) is 0. The zero-order chi connectivity index (χ0) is 9.61. The molecule has 3 heteroatoms. The molecule has 0 atom stereocenters. The smallest absolute Gasteiger partial charge is 0.315 e. The third-order valence-corrected chi connectivity index (χ3v) is 1.32. The van der Waals surface area contributed by atoms with E-state index in [1.54, 1.807) is 13.8 Å². The first-order valence-corrected chi connectivity index (χ1v) is 4.05. The van der Waals surface area contributed by atoms with Crippen molar-refractivity contribution in [3.8, 4) is 12.3 Å². The Kier molecular flexibility index (Phi) is 4.20. The number of nitrogens with one attached hydrogen (secondary N) is 2. The fourth-order valence-electron chi connectivity index (χ4n) is 0.603. The van der Waals surface area contributed by atoms with Gasteiger partial charge in [0.15, 0.2) is 0 Å². The third kappa shape index (κ3) is 4.62. The molecule has 0 aromatic carbocycles. The highest BCUT2D eigenvalue weighted by atomic mass is 16.2. The highest BCUT2D eigenvalue weighted by molar-refractivity contribution is 5.75. The standard InChI is InChI=1S/C9H16N2O/c1-5-7-10-8(12)11-9(3,4)6-2/h2H,5,7H2,1,3-4H3,(H2,10,11,12). The maximum atomic E-state index is 11.1. The van der Waals surface area contributed by atoms with Crippen LogP contribution >= 0.6 is 0 Å². The molecule has 0 saturated heterocycles. The Bertz CT molecular complexity index is 191. The molecule has 0 rings (SSSR count). The van der Waals surface area contributed by atoms with E-state index in [-0.39, 0.29) is 6.03 Å². The van der Waals surface area contributed by atoms with E-state index >= 15 is 0 Å². The van der Waals surface area contributed by atoms with Gasteiger partial charge in [-0.1, -0.05) is 12.8 Å². The molecule has 0 fully saturated rings. The second-order valence-electron chi connectivity index (χ2n) is 3.15. The van der Waals surface area contributed by atoms with Crippen LogP contribution in [0.1, 0.15) is 27.2 Å². The number of rotatable bonds is 3. The number of carbonyl (C=O) groups is 1. The first kappa shape index (κ1) is 10.8. The van der Waals surface area contributed by atoms with Crippen molar-refractivity contribution in [2.24, 2.45) is 0 Å². The van der Waals surface area contributed by atoms with Crippen molar-refractivity contribution in [1.82, 2.24) is 10.6 Å². The fraction of sp³-hybridized carbons (Fsp3) is 0.667. The highest BCUT2D eigenvalue weighted by Gasteiger charge is 2.15. The quantitative estimate of drug-likeness (QED) is 0.609. The summed E-state index contributed by atoms with van der Waals surface area (Å²) >= 11 is 0. The molecule has 0 aromatic rings. The number of hydrogen-bond acceptors (Lipinski definition) is 1. The van der Waals surface area contributed by atoms with E-state index in [1.807, 2.05) is 6.92 Å². The molecule has 0 aliphatic rings. The second-order valence-corrected chi connectivity index (χ2v) is 3.15. The van der Waals surface area contributed by atoms with Crippen LogP contribution in [0.4, 0.5) is 4.79 Å². The Labute approximate surface area is 73.9 Å². The Morgan fingerprint density at radius 1 is 1.58 bits per heavy atom. The van der Waals surface area contributed by atoms with Gasteiger partial charge in [-0.3, -0.25) is 0 Å². The molecule has 0 spiro atoms. The molecule has 0 aromatic heterocycles.